The minimum atomic E-state index is -0.134. The summed E-state index contributed by atoms with van der Waals surface area (Å²) in [6.07, 6.45) is 8.28. The average Bonchev–Trinajstić information content (AvgIpc) is 2.89. The van der Waals surface area contributed by atoms with Crippen LogP contribution in [0.2, 0.25) is 5.02 Å². The second-order valence-corrected chi connectivity index (χ2v) is 6.43. The Hall–Kier alpha value is -1.02. The molecule has 0 radical (unpaired) electrons. The van der Waals surface area contributed by atoms with Gasteiger partial charge in [-0.1, -0.05) is 36.9 Å². The molecule has 1 atom stereocenters. The lowest BCUT2D eigenvalue weighted by Gasteiger charge is -2.24. The van der Waals surface area contributed by atoms with Gasteiger partial charge in [0.2, 0.25) is 0 Å². The molecule has 0 spiro atoms. The van der Waals surface area contributed by atoms with Crippen LogP contribution in [0.5, 0.6) is 0 Å². The van der Waals surface area contributed by atoms with Crippen molar-refractivity contribution in [2.24, 2.45) is 0 Å². The van der Waals surface area contributed by atoms with Crippen LogP contribution in [-0.4, -0.2) is 13.1 Å². The second-order valence-electron chi connectivity index (χ2n) is 6.02. The maximum Gasteiger partial charge on any atom is 0.313 e. The standard InChI is InChI=1S/C17H21ClO2/c1-20-17(19)13-8-7-12-9-15(16(18)10-14(12)13)11-5-3-2-4-6-11/h9-11,13H,2-8H2,1H3. The molecule has 0 aromatic heterocycles. The number of hydrogen-bond donors (Lipinski definition) is 0. The molecule has 2 aliphatic carbocycles. The highest BCUT2D eigenvalue weighted by Gasteiger charge is 2.31. The lowest BCUT2D eigenvalue weighted by atomic mass is 9.83. The third kappa shape index (κ3) is 2.46. The van der Waals surface area contributed by atoms with E-state index in [9.17, 15) is 4.79 Å². The van der Waals surface area contributed by atoms with Crippen molar-refractivity contribution in [1.82, 2.24) is 0 Å². The Kier molecular flexibility index (Phi) is 4.02. The highest BCUT2D eigenvalue weighted by molar-refractivity contribution is 6.31. The van der Waals surface area contributed by atoms with Crippen LogP contribution >= 0.6 is 11.6 Å². The molecular formula is C17H21ClO2. The van der Waals surface area contributed by atoms with E-state index in [-0.39, 0.29) is 11.9 Å². The minimum Gasteiger partial charge on any atom is -0.469 e. The summed E-state index contributed by atoms with van der Waals surface area (Å²) in [5.41, 5.74) is 3.68. The van der Waals surface area contributed by atoms with Gasteiger partial charge in [-0.2, -0.15) is 0 Å². The van der Waals surface area contributed by atoms with Crippen molar-refractivity contribution >= 4 is 17.6 Å². The minimum absolute atomic E-state index is 0.118. The predicted molar refractivity (Wildman–Crippen MR) is 80.4 cm³/mol. The molecule has 20 heavy (non-hydrogen) atoms. The molecule has 1 fully saturated rings. The molecule has 2 aliphatic rings. The van der Waals surface area contributed by atoms with Crippen LogP contribution in [0.25, 0.3) is 0 Å². The van der Waals surface area contributed by atoms with Crippen LogP contribution < -0.4 is 0 Å². The first-order valence-electron chi connectivity index (χ1n) is 7.60. The van der Waals surface area contributed by atoms with E-state index in [0.29, 0.717) is 5.92 Å². The SMILES string of the molecule is COC(=O)C1CCc2cc(C3CCCCC3)c(Cl)cc21. The van der Waals surface area contributed by atoms with Crippen molar-refractivity contribution in [2.75, 3.05) is 7.11 Å². The number of methoxy groups -OCH3 is 1. The van der Waals surface area contributed by atoms with E-state index in [1.807, 2.05) is 6.07 Å². The number of rotatable bonds is 2. The molecule has 0 bridgehead atoms. The van der Waals surface area contributed by atoms with Crippen molar-refractivity contribution in [3.8, 4) is 0 Å². The Bertz CT molecular complexity index is 518. The molecule has 3 rings (SSSR count). The number of ether oxygens (including phenoxy) is 1. The fourth-order valence-corrected chi connectivity index (χ4v) is 4.09. The number of aryl methyl sites for hydroxylation is 1. The highest BCUT2D eigenvalue weighted by Crippen LogP contribution is 2.42. The summed E-state index contributed by atoms with van der Waals surface area (Å²) < 4.78 is 4.90. The lowest BCUT2D eigenvalue weighted by molar-refractivity contribution is -0.142. The van der Waals surface area contributed by atoms with Gasteiger partial charge < -0.3 is 4.74 Å². The van der Waals surface area contributed by atoms with E-state index in [0.717, 1.165) is 23.4 Å². The monoisotopic (exact) mass is 292 g/mol. The molecule has 1 saturated carbocycles. The molecule has 3 heteroatoms. The normalized spacial score (nSPS) is 22.6. The third-order valence-corrected chi connectivity index (χ3v) is 5.19. The summed E-state index contributed by atoms with van der Waals surface area (Å²) >= 11 is 6.50. The maximum absolute atomic E-state index is 11.8. The van der Waals surface area contributed by atoms with Gasteiger partial charge in [0.15, 0.2) is 0 Å². The summed E-state index contributed by atoms with van der Waals surface area (Å²) in [5.74, 6) is 0.358. The molecule has 1 unspecified atom stereocenters. The summed E-state index contributed by atoms with van der Waals surface area (Å²) in [6, 6.07) is 4.28. The van der Waals surface area contributed by atoms with Crippen LogP contribution in [0.3, 0.4) is 0 Å². The molecule has 1 aromatic carbocycles. The topological polar surface area (TPSA) is 26.3 Å². The number of hydrogen-bond acceptors (Lipinski definition) is 2. The van der Waals surface area contributed by atoms with Crippen molar-refractivity contribution < 1.29 is 9.53 Å². The summed E-state index contributed by atoms with van der Waals surface area (Å²) in [5, 5.41) is 0.839. The van der Waals surface area contributed by atoms with Gasteiger partial charge in [-0.25, -0.2) is 0 Å². The Morgan fingerprint density at radius 1 is 1.15 bits per heavy atom. The zero-order valence-electron chi connectivity index (χ0n) is 12.0. The van der Waals surface area contributed by atoms with Gasteiger partial charge in [0.1, 0.15) is 0 Å². The van der Waals surface area contributed by atoms with Crippen LogP contribution in [-0.2, 0) is 16.0 Å². The number of fused-ring (bicyclic) bond motifs is 1. The van der Waals surface area contributed by atoms with Crippen LogP contribution in [0, 0.1) is 0 Å². The third-order valence-electron chi connectivity index (χ3n) is 4.87. The number of carbonyl (C=O) groups excluding carboxylic acids is 1. The molecule has 0 N–H and O–H groups in total. The van der Waals surface area contributed by atoms with E-state index in [1.165, 1.54) is 50.3 Å². The van der Waals surface area contributed by atoms with Gasteiger partial charge in [0.25, 0.3) is 0 Å². The summed E-state index contributed by atoms with van der Waals surface area (Å²) in [6.45, 7) is 0. The zero-order valence-corrected chi connectivity index (χ0v) is 12.7. The largest absolute Gasteiger partial charge is 0.469 e. The number of halogens is 1. The van der Waals surface area contributed by atoms with Crippen molar-refractivity contribution in [3.63, 3.8) is 0 Å². The molecule has 0 heterocycles. The Balaban J connectivity index is 1.91. The van der Waals surface area contributed by atoms with Gasteiger partial charge in [-0.15, -0.1) is 0 Å². The van der Waals surface area contributed by atoms with Crippen molar-refractivity contribution in [3.05, 3.63) is 33.8 Å². The van der Waals surface area contributed by atoms with Gasteiger partial charge in [0.05, 0.1) is 13.0 Å². The first kappa shape index (κ1) is 13.9. The molecule has 0 amide bonds. The van der Waals surface area contributed by atoms with E-state index in [1.54, 1.807) is 0 Å². The maximum atomic E-state index is 11.8. The fraction of sp³-hybridized carbons (Fsp3) is 0.588. The Labute approximate surface area is 125 Å². The van der Waals surface area contributed by atoms with Gasteiger partial charge in [0, 0.05) is 5.02 Å². The van der Waals surface area contributed by atoms with E-state index in [2.05, 4.69) is 6.07 Å². The van der Waals surface area contributed by atoms with Crippen LogP contribution in [0.15, 0.2) is 12.1 Å². The van der Waals surface area contributed by atoms with E-state index < -0.39 is 0 Å². The van der Waals surface area contributed by atoms with Crippen molar-refractivity contribution in [1.29, 1.82) is 0 Å². The molecule has 108 valence electrons. The summed E-state index contributed by atoms with van der Waals surface area (Å²) in [7, 11) is 1.46. The Morgan fingerprint density at radius 3 is 2.60 bits per heavy atom. The fourth-order valence-electron chi connectivity index (χ4n) is 3.76. The highest BCUT2D eigenvalue weighted by atomic mass is 35.5. The summed E-state index contributed by atoms with van der Waals surface area (Å²) in [4.78, 5) is 11.8. The van der Waals surface area contributed by atoms with Crippen LogP contribution in [0.4, 0.5) is 0 Å². The average molecular weight is 293 g/mol. The zero-order chi connectivity index (χ0) is 14.1. The number of benzene rings is 1. The first-order chi connectivity index (χ1) is 9.70. The smallest absolute Gasteiger partial charge is 0.313 e. The van der Waals surface area contributed by atoms with Gasteiger partial charge >= 0.3 is 5.97 Å². The molecule has 2 nitrogen and oxygen atoms in total. The molecular weight excluding hydrogens is 272 g/mol. The molecule has 1 aromatic rings. The van der Waals surface area contributed by atoms with Gasteiger partial charge in [-0.05, 0) is 54.4 Å². The van der Waals surface area contributed by atoms with Crippen molar-refractivity contribution in [2.45, 2.75) is 56.8 Å². The second kappa shape index (κ2) is 5.77. The predicted octanol–water partition coefficient (Wildman–Crippen LogP) is 4.59. The first-order valence-corrected chi connectivity index (χ1v) is 7.98. The van der Waals surface area contributed by atoms with E-state index in [4.69, 9.17) is 16.3 Å². The quantitative estimate of drug-likeness (QED) is 0.745. The lowest BCUT2D eigenvalue weighted by Crippen LogP contribution is -2.11. The Morgan fingerprint density at radius 2 is 1.90 bits per heavy atom. The van der Waals surface area contributed by atoms with Gasteiger partial charge in [-0.3, -0.25) is 4.79 Å². The van der Waals surface area contributed by atoms with E-state index >= 15 is 0 Å². The molecule has 0 aliphatic heterocycles. The number of esters is 1. The molecule has 0 saturated heterocycles. The van der Waals surface area contributed by atoms with Crippen LogP contribution in [0.1, 0.15) is 67.1 Å². The number of carbonyl (C=O) groups is 1.